The summed E-state index contributed by atoms with van der Waals surface area (Å²) in [5, 5.41) is 2.73. The maximum absolute atomic E-state index is 12.9. The molecule has 3 aromatic rings. The van der Waals surface area contributed by atoms with Gasteiger partial charge in [-0.2, -0.15) is 13.2 Å². The van der Waals surface area contributed by atoms with Crippen LogP contribution in [0.15, 0.2) is 71.6 Å². The largest absolute Gasteiger partial charge is 0.454 e. The van der Waals surface area contributed by atoms with E-state index in [1.165, 1.54) is 12.1 Å². The molecule has 11 heteroatoms. The number of amides is 1. The molecule has 0 saturated heterocycles. The number of carbonyl (C=O) groups is 1. The molecule has 3 aromatic carbocycles. The number of hydrogen-bond acceptors (Lipinski definition) is 5. The van der Waals surface area contributed by atoms with Crippen LogP contribution < -0.4 is 19.5 Å². The molecule has 0 aliphatic carbocycles. The van der Waals surface area contributed by atoms with Crippen molar-refractivity contribution >= 4 is 27.3 Å². The number of halogens is 3. The zero-order valence-electron chi connectivity index (χ0n) is 16.8. The minimum absolute atomic E-state index is 0.0229. The lowest BCUT2D eigenvalue weighted by molar-refractivity contribution is -0.137. The van der Waals surface area contributed by atoms with E-state index in [1.807, 2.05) is 0 Å². The molecule has 1 aliphatic rings. The molecular formula is C22H17F3N2O5S. The lowest BCUT2D eigenvalue weighted by atomic mass is 10.1. The van der Waals surface area contributed by atoms with Crippen molar-refractivity contribution in [2.75, 3.05) is 16.8 Å². The molecule has 0 spiro atoms. The summed E-state index contributed by atoms with van der Waals surface area (Å²) in [5.41, 5.74) is 0.228. The Bertz CT molecular complexity index is 1290. The van der Waals surface area contributed by atoms with Crippen LogP contribution in [0.4, 0.5) is 24.5 Å². The van der Waals surface area contributed by atoms with E-state index >= 15 is 0 Å². The number of rotatable bonds is 6. The third-order valence-corrected chi connectivity index (χ3v) is 6.08. The zero-order chi connectivity index (χ0) is 23.6. The molecule has 7 nitrogen and oxygen atoms in total. The van der Waals surface area contributed by atoms with Gasteiger partial charge in [-0.05, 0) is 48.0 Å². The summed E-state index contributed by atoms with van der Waals surface area (Å²) in [4.78, 5) is 11.8. The second kappa shape index (κ2) is 8.66. The summed E-state index contributed by atoms with van der Waals surface area (Å²) < 4.78 is 76.2. The molecule has 172 valence electrons. The Labute approximate surface area is 187 Å². The van der Waals surface area contributed by atoms with E-state index in [0.29, 0.717) is 28.8 Å². The van der Waals surface area contributed by atoms with Gasteiger partial charge >= 0.3 is 6.18 Å². The van der Waals surface area contributed by atoms with E-state index in [1.54, 1.807) is 30.3 Å². The highest BCUT2D eigenvalue weighted by Crippen LogP contribution is 2.34. The lowest BCUT2D eigenvalue weighted by Crippen LogP contribution is -2.15. The second-order valence-corrected chi connectivity index (χ2v) is 8.80. The third-order valence-electron chi connectivity index (χ3n) is 4.70. The Morgan fingerprint density at radius 2 is 1.61 bits per heavy atom. The summed E-state index contributed by atoms with van der Waals surface area (Å²) in [6, 6.07) is 14.4. The molecule has 1 heterocycles. The minimum atomic E-state index is -4.66. The summed E-state index contributed by atoms with van der Waals surface area (Å²) in [6.45, 7) is 0.122. The number of carbonyl (C=O) groups excluding carboxylic acids is 1. The number of anilines is 2. The normalized spacial score (nSPS) is 12.9. The highest BCUT2D eigenvalue weighted by Gasteiger charge is 2.31. The first-order chi connectivity index (χ1) is 15.6. The molecule has 0 bridgehead atoms. The van der Waals surface area contributed by atoms with Gasteiger partial charge in [-0.25, -0.2) is 8.42 Å². The van der Waals surface area contributed by atoms with Crippen LogP contribution in [0.1, 0.15) is 11.1 Å². The van der Waals surface area contributed by atoms with Crippen LogP contribution in [0, 0.1) is 0 Å². The van der Waals surface area contributed by atoms with Gasteiger partial charge in [-0.1, -0.05) is 18.2 Å². The first-order valence-electron chi connectivity index (χ1n) is 9.59. The molecule has 0 aromatic heterocycles. The van der Waals surface area contributed by atoms with Crippen molar-refractivity contribution in [1.29, 1.82) is 0 Å². The summed E-state index contributed by atoms with van der Waals surface area (Å²) in [6.07, 6.45) is -4.64. The van der Waals surface area contributed by atoms with Gasteiger partial charge < -0.3 is 14.8 Å². The van der Waals surface area contributed by atoms with Crippen LogP contribution in [-0.2, 0) is 27.4 Å². The number of hydrogen-bond donors (Lipinski definition) is 2. The van der Waals surface area contributed by atoms with E-state index in [9.17, 15) is 26.4 Å². The first kappa shape index (κ1) is 22.5. The molecule has 4 rings (SSSR count). The number of fused-ring (bicyclic) bond motifs is 1. The Morgan fingerprint density at radius 3 is 2.33 bits per heavy atom. The quantitative estimate of drug-likeness (QED) is 0.547. The zero-order valence-corrected chi connectivity index (χ0v) is 17.7. The highest BCUT2D eigenvalue weighted by atomic mass is 32.2. The van der Waals surface area contributed by atoms with Crippen LogP contribution >= 0.6 is 0 Å². The van der Waals surface area contributed by atoms with Crippen LogP contribution in [0.2, 0.25) is 0 Å². The number of nitrogens with one attached hydrogen (secondary N) is 2. The Hall–Kier alpha value is -3.73. The molecule has 1 aliphatic heterocycles. The predicted molar refractivity (Wildman–Crippen MR) is 114 cm³/mol. The number of sulfonamides is 1. The molecule has 0 fully saturated rings. The SMILES string of the molecule is O=C(Cc1ccc(NS(=O)(=O)c2cccc(C(F)(F)F)c2)cc1)Nc1ccc2c(c1)OCO2. The number of ether oxygens (including phenoxy) is 2. The maximum atomic E-state index is 12.9. The predicted octanol–water partition coefficient (Wildman–Crippen LogP) is 4.42. The smallest absolute Gasteiger partial charge is 0.416 e. The van der Waals surface area contributed by atoms with E-state index in [2.05, 4.69) is 10.0 Å². The minimum Gasteiger partial charge on any atom is -0.454 e. The van der Waals surface area contributed by atoms with E-state index in [0.717, 1.165) is 18.2 Å². The van der Waals surface area contributed by atoms with Gasteiger partial charge in [0.25, 0.3) is 10.0 Å². The fourth-order valence-corrected chi connectivity index (χ4v) is 4.21. The van der Waals surface area contributed by atoms with Gasteiger partial charge in [0, 0.05) is 17.4 Å². The van der Waals surface area contributed by atoms with Crippen LogP contribution in [0.3, 0.4) is 0 Å². The van der Waals surface area contributed by atoms with Crippen molar-refractivity contribution in [2.45, 2.75) is 17.5 Å². The summed E-state index contributed by atoms with van der Waals surface area (Å²) in [7, 11) is -4.23. The lowest BCUT2D eigenvalue weighted by Gasteiger charge is -2.11. The highest BCUT2D eigenvalue weighted by molar-refractivity contribution is 7.92. The van der Waals surface area contributed by atoms with E-state index in [4.69, 9.17) is 9.47 Å². The van der Waals surface area contributed by atoms with Crippen molar-refractivity contribution in [1.82, 2.24) is 0 Å². The van der Waals surface area contributed by atoms with Gasteiger partial charge in [-0.15, -0.1) is 0 Å². The average Bonchev–Trinajstić information content (AvgIpc) is 3.22. The van der Waals surface area contributed by atoms with Gasteiger partial charge in [0.15, 0.2) is 11.5 Å². The Balaban J connectivity index is 1.39. The molecule has 0 radical (unpaired) electrons. The standard InChI is InChI=1S/C22H17F3N2O5S/c23-22(24,25)15-2-1-3-18(11-15)33(29,30)27-16-6-4-14(5-7-16)10-21(28)26-17-8-9-19-20(12-17)32-13-31-19/h1-9,11-12,27H,10,13H2,(H,26,28). The summed E-state index contributed by atoms with van der Waals surface area (Å²) in [5.74, 6) is 0.826. The molecular weight excluding hydrogens is 461 g/mol. The average molecular weight is 478 g/mol. The molecule has 1 amide bonds. The Kier molecular flexibility index (Phi) is 5.90. The van der Waals surface area contributed by atoms with E-state index < -0.39 is 26.7 Å². The maximum Gasteiger partial charge on any atom is 0.416 e. The van der Waals surface area contributed by atoms with Crippen molar-refractivity contribution in [3.63, 3.8) is 0 Å². The monoisotopic (exact) mass is 478 g/mol. The molecule has 0 saturated carbocycles. The third kappa shape index (κ3) is 5.37. The van der Waals surface area contributed by atoms with Crippen molar-refractivity contribution in [3.05, 3.63) is 77.9 Å². The van der Waals surface area contributed by atoms with Crippen LogP contribution in [0.5, 0.6) is 11.5 Å². The number of benzene rings is 3. The first-order valence-corrected chi connectivity index (χ1v) is 11.1. The van der Waals surface area contributed by atoms with Crippen LogP contribution in [-0.4, -0.2) is 21.1 Å². The number of alkyl halides is 3. The van der Waals surface area contributed by atoms with Gasteiger partial charge in [0.05, 0.1) is 16.9 Å². The molecule has 0 unspecified atom stereocenters. The molecule has 33 heavy (non-hydrogen) atoms. The van der Waals surface area contributed by atoms with Crippen molar-refractivity contribution < 1.29 is 35.9 Å². The fraction of sp³-hybridized carbons (Fsp3) is 0.136. The van der Waals surface area contributed by atoms with Crippen molar-refractivity contribution in [3.8, 4) is 11.5 Å². The Morgan fingerprint density at radius 1 is 0.909 bits per heavy atom. The summed E-state index contributed by atoms with van der Waals surface area (Å²) >= 11 is 0. The second-order valence-electron chi connectivity index (χ2n) is 7.12. The van der Waals surface area contributed by atoms with Gasteiger partial charge in [-0.3, -0.25) is 9.52 Å². The van der Waals surface area contributed by atoms with Gasteiger partial charge in [0.1, 0.15) is 0 Å². The van der Waals surface area contributed by atoms with Crippen molar-refractivity contribution in [2.24, 2.45) is 0 Å². The van der Waals surface area contributed by atoms with E-state index in [-0.39, 0.29) is 24.8 Å². The fourth-order valence-electron chi connectivity index (χ4n) is 3.11. The topological polar surface area (TPSA) is 93.7 Å². The van der Waals surface area contributed by atoms with Gasteiger partial charge in [0.2, 0.25) is 12.7 Å². The van der Waals surface area contributed by atoms with Crippen LogP contribution in [0.25, 0.3) is 0 Å². The molecule has 0 atom stereocenters. The molecule has 2 N–H and O–H groups in total.